The summed E-state index contributed by atoms with van der Waals surface area (Å²) in [7, 11) is -3.54. The minimum atomic E-state index is -3.54. The van der Waals surface area contributed by atoms with Crippen molar-refractivity contribution in [2.45, 2.75) is 4.90 Å². The average Bonchev–Trinajstić information content (AvgIpc) is 2.62. The zero-order chi connectivity index (χ0) is 17.2. The Kier molecular flexibility index (Phi) is 4.55. The summed E-state index contributed by atoms with van der Waals surface area (Å²) in [6.45, 7) is 1.05. The topological polar surface area (TPSA) is 77.9 Å². The molecule has 0 atom stereocenters. The van der Waals surface area contributed by atoms with E-state index in [0.717, 1.165) is 0 Å². The van der Waals surface area contributed by atoms with E-state index < -0.39 is 10.0 Å². The Morgan fingerprint density at radius 1 is 0.875 bits per heavy atom. The molecule has 24 heavy (non-hydrogen) atoms. The van der Waals surface area contributed by atoms with E-state index in [-0.39, 0.29) is 35.2 Å². The molecular formula is C17H18N2O4S. The first kappa shape index (κ1) is 16.5. The lowest BCUT2D eigenvalue weighted by molar-refractivity contribution is 0.0695. The maximum atomic E-state index is 12.6. The molecule has 0 radical (unpaired) electrons. The number of sulfonamides is 1. The highest BCUT2D eigenvalue weighted by Gasteiger charge is 2.30. The molecule has 2 aromatic rings. The van der Waals surface area contributed by atoms with Gasteiger partial charge in [0.2, 0.25) is 10.0 Å². The molecule has 2 aromatic carbocycles. The number of para-hydroxylation sites is 1. The predicted molar refractivity (Wildman–Crippen MR) is 89.2 cm³/mol. The van der Waals surface area contributed by atoms with Crippen molar-refractivity contribution in [2.75, 3.05) is 26.2 Å². The lowest BCUT2D eigenvalue weighted by Crippen LogP contribution is -2.50. The normalized spacial score (nSPS) is 16.1. The van der Waals surface area contributed by atoms with Gasteiger partial charge in [0.1, 0.15) is 5.75 Å². The van der Waals surface area contributed by atoms with Gasteiger partial charge in [-0.1, -0.05) is 30.3 Å². The third-order valence-electron chi connectivity index (χ3n) is 4.04. The van der Waals surface area contributed by atoms with Crippen LogP contribution in [0.4, 0.5) is 0 Å². The molecule has 1 fully saturated rings. The van der Waals surface area contributed by atoms with Crippen molar-refractivity contribution < 1.29 is 18.3 Å². The van der Waals surface area contributed by atoms with Crippen LogP contribution in [-0.4, -0.2) is 54.8 Å². The molecule has 1 N–H and O–H groups in total. The summed E-state index contributed by atoms with van der Waals surface area (Å²) >= 11 is 0. The van der Waals surface area contributed by atoms with Crippen molar-refractivity contribution >= 4 is 15.9 Å². The number of piperazine rings is 1. The van der Waals surface area contributed by atoms with Crippen LogP contribution in [-0.2, 0) is 10.0 Å². The lowest BCUT2D eigenvalue weighted by atomic mass is 10.1. The van der Waals surface area contributed by atoms with Crippen molar-refractivity contribution in [1.29, 1.82) is 0 Å². The average molecular weight is 346 g/mol. The molecule has 1 aliphatic rings. The number of aromatic hydroxyl groups is 1. The zero-order valence-corrected chi connectivity index (χ0v) is 13.8. The minimum Gasteiger partial charge on any atom is -0.507 e. The number of carbonyl (C=O) groups excluding carboxylic acids is 1. The first-order valence-corrected chi connectivity index (χ1v) is 9.06. The van der Waals surface area contributed by atoms with Gasteiger partial charge in [0.15, 0.2) is 0 Å². The molecule has 0 aliphatic carbocycles. The van der Waals surface area contributed by atoms with Crippen LogP contribution in [0.5, 0.6) is 5.75 Å². The number of nitrogens with zero attached hydrogens (tertiary/aromatic N) is 2. The Hall–Kier alpha value is -2.38. The summed E-state index contributed by atoms with van der Waals surface area (Å²) in [6.07, 6.45) is 0. The smallest absolute Gasteiger partial charge is 0.257 e. The van der Waals surface area contributed by atoms with Gasteiger partial charge >= 0.3 is 0 Å². The van der Waals surface area contributed by atoms with Gasteiger partial charge in [-0.15, -0.1) is 0 Å². The Morgan fingerprint density at radius 2 is 1.46 bits per heavy atom. The fraction of sp³-hybridized carbons (Fsp3) is 0.235. The second-order valence-corrected chi connectivity index (χ2v) is 7.46. The lowest BCUT2D eigenvalue weighted by Gasteiger charge is -2.34. The SMILES string of the molecule is O=C(c1ccccc1O)N1CCN(S(=O)(=O)c2ccccc2)CC1. The molecule has 0 bridgehead atoms. The van der Waals surface area contributed by atoms with Gasteiger partial charge in [-0.2, -0.15) is 4.31 Å². The molecule has 7 heteroatoms. The highest BCUT2D eigenvalue weighted by molar-refractivity contribution is 7.89. The Bertz CT molecular complexity index is 829. The number of amides is 1. The van der Waals surface area contributed by atoms with Gasteiger partial charge in [0.25, 0.3) is 5.91 Å². The quantitative estimate of drug-likeness (QED) is 0.914. The predicted octanol–water partition coefficient (Wildman–Crippen LogP) is 1.54. The van der Waals surface area contributed by atoms with Gasteiger partial charge in [-0.25, -0.2) is 8.42 Å². The molecule has 0 unspecified atom stereocenters. The minimum absolute atomic E-state index is 0.0677. The van der Waals surface area contributed by atoms with E-state index in [9.17, 15) is 18.3 Å². The first-order chi connectivity index (χ1) is 11.5. The maximum Gasteiger partial charge on any atom is 0.257 e. The molecule has 1 amide bonds. The Morgan fingerprint density at radius 3 is 2.08 bits per heavy atom. The highest BCUT2D eigenvalue weighted by atomic mass is 32.2. The number of benzene rings is 2. The van der Waals surface area contributed by atoms with Crippen molar-refractivity contribution in [1.82, 2.24) is 9.21 Å². The second kappa shape index (κ2) is 6.62. The standard InChI is InChI=1S/C17H18N2O4S/c20-16-9-5-4-8-15(16)17(21)18-10-12-19(13-11-18)24(22,23)14-6-2-1-3-7-14/h1-9,20H,10-13H2. The number of carbonyl (C=O) groups is 1. The third kappa shape index (κ3) is 3.13. The van der Waals surface area contributed by atoms with Crippen LogP contribution in [0.2, 0.25) is 0 Å². The van der Waals surface area contributed by atoms with E-state index in [1.54, 1.807) is 53.4 Å². The third-order valence-corrected chi connectivity index (χ3v) is 5.95. The maximum absolute atomic E-state index is 12.6. The van der Waals surface area contributed by atoms with Crippen molar-refractivity contribution in [3.63, 3.8) is 0 Å². The number of phenols is 1. The summed E-state index contributed by atoms with van der Waals surface area (Å²) in [5.41, 5.74) is 0.233. The number of hydrogen-bond donors (Lipinski definition) is 1. The molecule has 1 heterocycles. The van der Waals surface area contributed by atoms with Gasteiger partial charge < -0.3 is 10.0 Å². The molecule has 0 aromatic heterocycles. The van der Waals surface area contributed by atoms with E-state index in [0.29, 0.717) is 13.1 Å². The number of rotatable bonds is 3. The fourth-order valence-corrected chi connectivity index (χ4v) is 4.14. The zero-order valence-electron chi connectivity index (χ0n) is 13.0. The van der Waals surface area contributed by atoms with Crippen LogP contribution in [0.15, 0.2) is 59.5 Å². The fourth-order valence-electron chi connectivity index (χ4n) is 2.70. The van der Waals surface area contributed by atoms with E-state index in [4.69, 9.17) is 0 Å². The summed E-state index contributed by atoms with van der Waals surface area (Å²) in [6, 6.07) is 14.6. The molecule has 6 nitrogen and oxygen atoms in total. The van der Waals surface area contributed by atoms with E-state index in [1.165, 1.54) is 10.4 Å². The van der Waals surface area contributed by atoms with Crippen molar-refractivity contribution in [3.8, 4) is 5.75 Å². The first-order valence-electron chi connectivity index (χ1n) is 7.62. The second-order valence-electron chi connectivity index (χ2n) is 5.53. The van der Waals surface area contributed by atoms with E-state index in [2.05, 4.69) is 0 Å². The van der Waals surface area contributed by atoms with Crippen LogP contribution in [0.1, 0.15) is 10.4 Å². The summed E-state index contributed by atoms with van der Waals surface area (Å²) in [5.74, 6) is -0.355. The molecule has 0 saturated carbocycles. The number of hydrogen-bond acceptors (Lipinski definition) is 4. The van der Waals surface area contributed by atoms with Gasteiger partial charge in [0.05, 0.1) is 10.5 Å². The molecule has 0 spiro atoms. The summed E-state index contributed by atoms with van der Waals surface area (Å²) < 4.78 is 26.5. The van der Waals surface area contributed by atoms with Crippen LogP contribution in [0, 0.1) is 0 Å². The highest BCUT2D eigenvalue weighted by Crippen LogP contribution is 2.21. The molecule has 1 saturated heterocycles. The van der Waals surface area contributed by atoms with Gasteiger partial charge in [0, 0.05) is 26.2 Å². The van der Waals surface area contributed by atoms with Crippen LogP contribution in [0.3, 0.4) is 0 Å². The van der Waals surface area contributed by atoms with Crippen LogP contribution >= 0.6 is 0 Å². The molecule has 3 rings (SSSR count). The van der Waals surface area contributed by atoms with Crippen molar-refractivity contribution in [2.24, 2.45) is 0 Å². The Balaban J connectivity index is 1.70. The molecular weight excluding hydrogens is 328 g/mol. The van der Waals surface area contributed by atoms with Gasteiger partial charge in [-0.05, 0) is 24.3 Å². The Labute approximate surface area is 141 Å². The van der Waals surface area contributed by atoms with Crippen molar-refractivity contribution in [3.05, 3.63) is 60.2 Å². The summed E-state index contributed by atoms with van der Waals surface area (Å²) in [4.78, 5) is 14.3. The summed E-state index contributed by atoms with van der Waals surface area (Å²) in [5, 5.41) is 9.79. The van der Waals surface area contributed by atoms with E-state index >= 15 is 0 Å². The molecule has 126 valence electrons. The van der Waals surface area contributed by atoms with Crippen LogP contribution < -0.4 is 0 Å². The van der Waals surface area contributed by atoms with E-state index in [1.807, 2.05) is 0 Å². The number of phenolic OH excluding ortho intramolecular Hbond substituents is 1. The molecule has 1 aliphatic heterocycles. The van der Waals surface area contributed by atoms with Crippen LogP contribution in [0.25, 0.3) is 0 Å². The van der Waals surface area contributed by atoms with Gasteiger partial charge in [-0.3, -0.25) is 4.79 Å². The largest absolute Gasteiger partial charge is 0.507 e. The monoisotopic (exact) mass is 346 g/mol.